The molecule has 0 aromatic heterocycles. The first-order valence-electron chi connectivity index (χ1n) is 5.56. The summed E-state index contributed by atoms with van der Waals surface area (Å²) in [5.74, 6) is -0.970. The summed E-state index contributed by atoms with van der Waals surface area (Å²) < 4.78 is 0. The van der Waals surface area contributed by atoms with Crippen LogP contribution in [-0.2, 0) is 0 Å². The van der Waals surface area contributed by atoms with Gasteiger partial charge in [-0.3, -0.25) is 0 Å². The van der Waals surface area contributed by atoms with E-state index in [0.717, 1.165) is 25.9 Å². The molecule has 1 saturated heterocycles. The van der Waals surface area contributed by atoms with Crippen molar-refractivity contribution in [2.45, 2.75) is 12.8 Å². The molecule has 1 aromatic carbocycles. The molecule has 5 heteroatoms. The standard InChI is InChI=1S/C12H14N2O3/c15-11(16)9-3-5-10(6-4-9)13-12(17)14-7-1-2-8-14/h3-6H,1-2,7-8H2,(H,13,17)(H,15,16). The van der Waals surface area contributed by atoms with Crippen LogP contribution in [0.4, 0.5) is 10.5 Å². The van der Waals surface area contributed by atoms with Crippen molar-refractivity contribution in [1.82, 2.24) is 4.90 Å². The first kappa shape index (κ1) is 11.4. The number of hydrogen-bond acceptors (Lipinski definition) is 2. The van der Waals surface area contributed by atoms with Gasteiger partial charge in [-0.05, 0) is 37.1 Å². The third-order valence-electron chi connectivity index (χ3n) is 2.78. The molecule has 2 N–H and O–H groups in total. The average Bonchev–Trinajstić information content (AvgIpc) is 2.83. The fourth-order valence-corrected chi connectivity index (χ4v) is 1.82. The van der Waals surface area contributed by atoms with Crippen LogP contribution in [0.15, 0.2) is 24.3 Å². The van der Waals surface area contributed by atoms with E-state index >= 15 is 0 Å². The van der Waals surface area contributed by atoms with Crippen molar-refractivity contribution < 1.29 is 14.7 Å². The minimum Gasteiger partial charge on any atom is -0.478 e. The second-order valence-electron chi connectivity index (χ2n) is 4.01. The van der Waals surface area contributed by atoms with Gasteiger partial charge in [0.05, 0.1) is 5.56 Å². The Labute approximate surface area is 99.0 Å². The van der Waals surface area contributed by atoms with Gasteiger partial charge in [-0.15, -0.1) is 0 Å². The van der Waals surface area contributed by atoms with E-state index in [4.69, 9.17) is 5.11 Å². The molecule has 0 saturated carbocycles. The number of carboxylic acid groups (broad SMARTS) is 1. The molecule has 90 valence electrons. The predicted molar refractivity (Wildman–Crippen MR) is 63.2 cm³/mol. The topological polar surface area (TPSA) is 69.6 Å². The van der Waals surface area contributed by atoms with Gasteiger partial charge in [0.15, 0.2) is 0 Å². The Hall–Kier alpha value is -2.04. The quantitative estimate of drug-likeness (QED) is 0.822. The molecule has 2 amide bonds. The first-order chi connectivity index (χ1) is 8.16. The van der Waals surface area contributed by atoms with Crippen LogP contribution in [0.2, 0.25) is 0 Å². The van der Waals surface area contributed by atoms with Crippen LogP contribution in [0.5, 0.6) is 0 Å². The third-order valence-corrected chi connectivity index (χ3v) is 2.78. The zero-order chi connectivity index (χ0) is 12.3. The number of anilines is 1. The van der Waals surface area contributed by atoms with Gasteiger partial charge in [0.2, 0.25) is 0 Å². The maximum absolute atomic E-state index is 11.7. The number of urea groups is 1. The monoisotopic (exact) mass is 234 g/mol. The molecule has 1 aromatic rings. The summed E-state index contributed by atoms with van der Waals surface area (Å²) in [6, 6.07) is 6.02. The number of nitrogens with zero attached hydrogens (tertiary/aromatic N) is 1. The molecular weight excluding hydrogens is 220 g/mol. The van der Waals surface area contributed by atoms with Crippen LogP contribution in [0, 0.1) is 0 Å². The van der Waals surface area contributed by atoms with E-state index in [1.54, 1.807) is 17.0 Å². The van der Waals surface area contributed by atoms with Crippen molar-refractivity contribution in [3.8, 4) is 0 Å². The molecule has 0 unspecified atom stereocenters. The molecule has 0 atom stereocenters. The van der Waals surface area contributed by atoms with Crippen molar-refractivity contribution in [1.29, 1.82) is 0 Å². The van der Waals surface area contributed by atoms with E-state index in [1.165, 1.54) is 12.1 Å². The molecule has 1 fully saturated rings. The highest BCUT2D eigenvalue weighted by atomic mass is 16.4. The van der Waals surface area contributed by atoms with Gasteiger partial charge in [-0.25, -0.2) is 9.59 Å². The molecule has 0 radical (unpaired) electrons. The third kappa shape index (κ3) is 2.75. The van der Waals surface area contributed by atoms with Gasteiger partial charge in [0, 0.05) is 18.8 Å². The maximum Gasteiger partial charge on any atom is 0.335 e. The average molecular weight is 234 g/mol. The second-order valence-corrected chi connectivity index (χ2v) is 4.01. The number of nitrogens with one attached hydrogen (secondary N) is 1. The number of hydrogen-bond donors (Lipinski definition) is 2. The van der Waals surface area contributed by atoms with Gasteiger partial charge in [-0.1, -0.05) is 0 Å². The maximum atomic E-state index is 11.7. The molecule has 17 heavy (non-hydrogen) atoms. The van der Waals surface area contributed by atoms with Crippen molar-refractivity contribution in [2.75, 3.05) is 18.4 Å². The fraction of sp³-hybridized carbons (Fsp3) is 0.333. The Balaban J connectivity index is 1.98. The van der Waals surface area contributed by atoms with Crippen molar-refractivity contribution in [3.63, 3.8) is 0 Å². The number of rotatable bonds is 2. The lowest BCUT2D eigenvalue weighted by atomic mass is 10.2. The number of carbonyl (C=O) groups is 2. The Morgan fingerprint density at radius 2 is 1.71 bits per heavy atom. The normalized spacial score (nSPS) is 14.7. The Kier molecular flexibility index (Phi) is 3.27. The summed E-state index contributed by atoms with van der Waals surface area (Å²) in [6.07, 6.45) is 2.09. The molecule has 1 aliphatic heterocycles. The lowest BCUT2D eigenvalue weighted by Crippen LogP contribution is -2.32. The number of likely N-dealkylation sites (tertiary alicyclic amines) is 1. The minimum atomic E-state index is -0.970. The summed E-state index contributed by atoms with van der Waals surface area (Å²) >= 11 is 0. The zero-order valence-electron chi connectivity index (χ0n) is 9.35. The van der Waals surface area contributed by atoms with E-state index in [2.05, 4.69) is 5.32 Å². The summed E-state index contributed by atoms with van der Waals surface area (Å²) in [4.78, 5) is 24.1. The van der Waals surface area contributed by atoms with E-state index in [0.29, 0.717) is 5.69 Å². The van der Waals surface area contributed by atoms with E-state index in [-0.39, 0.29) is 11.6 Å². The molecule has 0 aliphatic carbocycles. The second kappa shape index (κ2) is 4.86. The molecule has 5 nitrogen and oxygen atoms in total. The molecule has 0 bridgehead atoms. The number of carbonyl (C=O) groups excluding carboxylic acids is 1. The Morgan fingerprint density at radius 3 is 2.24 bits per heavy atom. The van der Waals surface area contributed by atoms with Crippen LogP contribution < -0.4 is 5.32 Å². The van der Waals surface area contributed by atoms with Crippen molar-refractivity contribution in [2.24, 2.45) is 0 Å². The molecule has 1 heterocycles. The van der Waals surface area contributed by atoms with Gasteiger partial charge < -0.3 is 15.3 Å². The van der Waals surface area contributed by atoms with E-state index in [9.17, 15) is 9.59 Å². The molecular formula is C12H14N2O3. The van der Waals surface area contributed by atoms with Crippen LogP contribution >= 0.6 is 0 Å². The van der Waals surface area contributed by atoms with E-state index < -0.39 is 5.97 Å². The Morgan fingerprint density at radius 1 is 1.12 bits per heavy atom. The van der Waals surface area contributed by atoms with Crippen molar-refractivity contribution in [3.05, 3.63) is 29.8 Å². The highest BCUT2D eigenvalue weighted by molar-refractivity contribution is 5.91. The van der Waals surface area contributed by atoms with Gasteiger partial charge in [0.25, 0.3) is 0 Å². The number of aromatic carboxylic acids is 1. The summed E-state index contributed by atoms with van der Waals surface area (Å²) in [5.41, 5.74) is 0.830. The number of benzene rings is 1. The summed E-state index contributed by atoms with van der Waals surface area (Å²) in [6.45, 7) is 1.58. The van der Waals surface area contributed by atoms with E-state index in [1.807, 2.05) is 0 Å². The number of amides is 2. The SMILES string of the molecule is O=C(O)c1ccc(NC(=O)N2CCCC2)cc1. The van der Waals surface area contributed by atoms with Crippen LogP contribution in [0.1, 0.15) is 23.2 Å². The lowest BCUT2D eigenvalue weighted by molar-refractivity contribution is 0.0697. The largest absolute Gasteiger partial charge is 0.478 e. The van der Waals surface area contributed by atoms with Crippen molar-refractivity contribution >= 4 is 17.7 Å². The van der Waals surface area contributed by atoms with Gasteiger partial charge in [0.1, 0.15) is 0 Å². The van der Waals surface area contributed by atoms with Gasteiger partial charge in [-0.2, -0.15) is 0 Å². The van der Waals surface area contributed by atoms with Gasteiger partial charge >= 0.3 is 12.0 Å². The first-order valence-corrected chi connectivity index (χ1v) is 5.56. The van der Waals surface area contributed by atoms with Crippen LogP contribution in [0.25, 0.3) is 0 Å². The smallest absolute Gasteiger partial charge is 0.335 e. The predicted octanol–water partition coefficient (Wildman–Crippen LogP) is 2.01. The zero-order valence-corrected chi connectivity index (χ0v) is 9.35. The highest BCUT2D eigenvalue weighted by Crippen LogP contribution is 2.13. The molecule has 2 rings (SSSR count). The lowest BCUT2D eigenvalue weighted by Gasteiger charge is -2.16. The summed E-state index contributed by atoms with van der Waals surface area (Å²) in [5, 5.41) is 11.5. The highest BCUT2D eigenvalue weighted by Gasteiger charge is 2.17. The summed E-state index contributed by atoms with van der Waals surface area (Å²) in [7, 11) is 0. The Bertz CT molecular complexity index is 422. The molecule has 1 aliphatic rings. The number of carboxylic acids is 1. The van der Waals surface area contributed by atoms with Crippen LogP contribution in [-0.4, -0.2) is 35.1 Å². The van der Waals surface area contributed by atoms with Crippen LogP contribution in [0.3, 0.4) is 0 Å². The molecule has 0 spiro atoms. The fourth-order valence-electron chi connectivity index (χ4n) is 1.82. The minimum absolute atomic E-state index is 0.120.